The van der Waals surface area contributed by atoms with Crippen LogP contribution >= 0.6 is 0 Å². The summed E-state index contributed by atoms with van der Waals surface area (Å²) >= 11 is 0. The van der Waals surface area contributed by atoms with Crippen LogP contribution in [0.5, 0.6) is 5.75 Å². The Morgan fingerprint density at radius 3 is 1.97 bits per heavy atom. The lowest BCUT2D eigenvalue weighted by atomic mass is 9.71. The molecule has 1 unspecified atom stereocenters. The second-order valence-corrected chi connectivity index (χ2v) is 16.2. The van der Waals surface area contributed by atoms with Crippen LogP contribution in [0.1, 0.15) is 79.4 Å². The van der Waals surface area contributed by atoms with Gasteiger partial charge in [0.05, 0.1) is 5.56 Å². The van der Waals surface area contributed by atoms with E-state index < -0.39 is 43.3 Å². The molecule has 0 saturated carbocycles. The molecule has 9 heteroatoms. The summed E-state index contributed by atoms with van der Waals surface area (Å²) in [5.74, 6) is -2.07. The molecule has 0 radical (unpaired) electrons. The van der Waals surface area contributed by atoms with E-state index in [4.69, 9.17) is 4.43 Å². The molecule has 0 aliphatic rings. The summed E-state index contributed by atoms with van der Waals surface area (Å²) in [4.78, 5) is 24.8. The maximum Gasteiger partial charge on any atom is 0.416 e. The SMILES string of the molecule is C=CCC(CC(=O)NCc1cc(C(F)(F)F)ccc1O[Si](C(C)C)(C(C)C)C(C)C)(C(=O)[O-])C(C)C. The number of amides is 1. The Bertz CT molecular complexity index is 906. The Balaban J connectivity index is 3.41. The quantitative estimate of drug-likeness (QED) is 0.243. The van der Waals surface area contributed by atoms with Crippen LogP contribution in [0.3, 0.4) is 0 Å². The molecule has 0 saturated heterocycles. The summed E-state index contributed by atoms with van der Waals surface area (Å²) in [5.41, 5.74) is -1.54. The lowest BCUT2D eigenvalue weighted by Crippen LogP contribution is -2.51. The predicted molar refractivity (Wildman–Crippen MR) is 137 cm³/mol. The molecular weight excluding hydrogens is 487 g/mol. The van der Waals surface area contributed by atoms with E-state index in [1.165, 1.54) is 12.1 Å². The topological polar surface area (TPSA) is 78.5 Å². The van der Waals surface area contributed by atoms with Gasteiger partial charge in [-0.25, -0.2) is 0 Å². The van der Waals surface area contributed by atoms with E-state index in [1.54, 1.807) is 13.8 Å². The summed E-state index contributed by atoms with van der Waals surface area (Å²) < 4.78 is 47.2. The molecule has 1 aromatic carbocycles. The van der Waals surface area contributed by atoms with Gasteiger partial charge < -0.3 is 19.6 Å². The van der Waals surface area contributed by atoms with Crippen molar-refractivity contribution < 1.29 is 32.3 Å². The highest BCUT2D eigenvalue weighted by atomic mass is 28.4. The first-order valence-electron chi connectivity index (χ1n) is 12.4. The van der Waals surface area contributed by atoms with E-state index in [0.29, 0.717) is 5.75 Å². The third-order valence-corrected chi connectivity index (χ3v) is 13.3. The van der Waals surface area contributed by atoms with Crippen molar-refractivity contribution in [3.63, 3.8) is 0 Å². The Hall–Kier alpha value is -2.29. The van der Waals surface area contributed by atoms with Crippen molar-refractivity contribution in [1.29, 1.82) is 0 Å². The van der Waals surface area contributed by atoms with Crippen LogP contribution in [0.4, 0.5) is 13.2 Å². The van der Waals surface area contributed by atoms with Crippen LogP contribution in [0, 0.1) is 11.3 Å². The van der Waals surface area contributed by atoms with Crippen LogP contribution in [0.15, 0.2) is 30.9 Å². The molecule has 1 atom stereocenters. The summed E-state index contributed by atoms with van der Waals surface area (Å²) in [6, 6.07) is 3.31. The predicted octanol–water partition coefficient (Wildman–Crippen LogP) is 6.23. The van der Waals surface area contributed by atoms with Gasteiger partial charge in [-0.2, -0.15) is 13.2 Å². The summed E-state index contributed by atoms with van der Waals surface area (Å²) in [6.45, 7) is 19.2. The minimum absolute atomic E-state index is 0.0314. The molecule has 5 nitrogen and oxygen atoms in total. The van der Waals surface area contributed by atoms with Crippen LogP contribution in [0.2, 0.25) is 16.6 Å². The van der Waals surface area contributed by atoms with E-state index in [9.17, 15) is 27.9 Å². The number of aliphatic carboxylic acids is 1. The number of hydrogen-bond acceptors (Lipinski definition) is 4. The number of hydrogen-bond donors (Lipinski definition) is 1. The van der Waals surface area contributed by atoms with Crippen LogP contribution < -0.4 is 14.8 Å². The summed E-state index contributed by atoms with van der Waals surface area (Å²) in [7, 11) is -2.49. The molecular formula is C27H41F3NO4Si-. The summed E-state index contributed by atoms with van der Waals surface area (Å²) in [6.07, 6.45) is -3.48. The van der Waals surface area contributed by atoms with Crippen molar-refractivity contribution >= 4 is 20.2 Å². The van der Waals surface area contributed by atoms with E-state index in [1.807, 2.05) is 0 Å². The second-order valence-electron chi connectivity index (χ2n) is 10.8. The number of halogens is 3. The Morgan fingerprint density at radius 2 is 1.58 bits per heavy atom. The fraction of sp³-hybridized carbons (Fsp3) is 0.630. The molecule has 36 heavy (non-hydrogen) atoms. The van der Waals surface area contributed by atoms with Gasteiger partial charge in [0.15, 0.2) is 0 Å². The lowest BCUT2D eigenvalue weighted by molar-refractivity contribution is -0.321. The van der Waals surface area contributed by atoms with Gasteiger partial charge in [0.25, 0.3) is 8.32 Å². The monoisotopic (exact) mass is 528 g/mol. The third kappa shape index (κ3) is 6.92. The molecule has 1 aromatic rings. The zero-order chi connectivity index (χ0) is 28.1. The number of carbonyl (C=O) groups excluding carboxylic acids is 2. The third-order valence-electron chi connectivity index (χ3n) is 7.35. The van der Waals surface area contributed by atoms with Gasteiger partial charge in [0, 0.05) is 29.9 Å². The molecule has 0 aliphatic carbocycles. The van der Waals surface area contributed by atoms with Crippen molar-refractivity contribution in [3.8, 4) is 5.75 Å². The number of carboxylic acids is 1. The fourth-order valence-corrected chi connectivity index (χ4v) is 10.5. The van der Waals surface area contributed by atoms with Crippen molar-refractivity contribution in [2.24, 2.45) is 11.3 Å². The Labute approximate surface area is 214 Å². The fourth-order valence-electron chi connectivity index (χ4n) is 5.24. The average Bonchev–Trinajstić information content (AvgIpc) is 2.74. The zero-order valence-electron chi connectivity index (χ0n) is 22.7. The van der Waals surface area contributed by atoms with Crippen molar-refractivity contribution in [1.82, 2.24) is 5.32 Å². The average molecular weight is 529 g/mol. The van der Waals surface area contributed by atoms with Crippen molar-refractivity contribution in [2.45, 2.75) is 97.6 Å². The number of rotatable bonds is 13. The van der Waals surface area contributed by atoms with Gasteiger partial charge in [-0.3, -0.25) is 4.79 Å². The van der Waals surface area contributed by atoms with E-state index in [-0.39, 0.29) is 41.6 Å². The molecule has 0 aliphatic heterocycles. The zero-order valence-corrected chi connectivity index (χ0v) is 23.7. The molecule has 0 aromatic heterocycles. The number of allylic oxidation sites excluding steroid dienone is 1. The highest BCUT2D eigenvalue weighted by Gasteiger charge is 2.47. The lowest BCUT2D eigenvalue weighted by Gasteiger charge is -2.42. The van der Waals surface area contributed by atoms with Crippen LogP contribution in [0.25, 0.3) is 0 Å². The molecule has 1 amide bonds. The first-order chi connectivity index (χ1) is 16.4. The largest absolute Gasteiger partial charge is 0.550 e. The molecule has 1 N–H and O–H groups in total. The molecule has 0 bridgehead atoms. The number of alkyl halides is 3. The van der Waals surface area contributed by atoms with Crippen LogP contribution in [-0.4, -0.2) is 20.2 Å². The first kappa shape index (κ1) is 31.7. The standard InChI is InChI=1S/C27H42F3NO4Si/c1-10-13-26(17(2)3,25(33)34)15-24(32)31-16-21-14-22(27(28,29)30)11-12-23(21)35-36(18(4)5,19(6)7)20(8)9/h10-12,14,17-20H,1,13,15-16H2,2-9H3,(H,31,32)(H,33,34)/p-1. The second kappa shape index (κ2) is 12.3. The van der Waals surface area contributed by atoms with E-state index in [0.717, 1.165) is 12.1 Å². The van der Waals surface area contributed by atoms with Gasteiger partial charge in [-0.05, 0) is 47.2 Å². The van der Waals surface area contributed by atoms with Gasteiger partial charge in [0.1, 0.15) is 5.75 Å². The van der Waals surface area contributed by atoms with Crippen LogP contribution in [-0.2, 0) is 22.3 Å². The minimum atomic E-state index is -4.56. The van der Waals surface area contributed by atoms with Crippen molar-refractivity contribution in [3.05, 3.63) is 42.0 Å². The van der Waals surface area contributed by atoms with Gasteiger partial charge in [-0.1, -0.05) is 61.5 Å². The molecule has 0 spiro atoms. The van der Waals surface area contributed by atoms with Gasteiger partial charge in [-0.15, -0.1) is 6.58 Å². The minimum Gasteiger partial charge on any atom is -0.550 e. The smallest absolute Gasteiger partial charge is 0.416 e. The summed E-state index contributed by atoms with van der Waals surface area (Å²) in [5, 5.41) is 14.6. The number of benzene rings is 1. The van der Waals surface area contributed by atoms with E-state index >= 15 is 0 Å². The number of carboxylic acid groups (broad SMARTS) is 1. The van der Waals surface area contributed by atoms with E-state index in [2.05, 4.69) is 53.4 Å². The molecule has 0 heterocycles. The van der Waals surface area contributed by atoms with Gasteiger partial charge in [0.2, 0.25) is 5.91 Å². The maximum absolute atomic E-state index is 13.5. The Morgan fingerprint density at radius 1 is 1.06 bits per heavy atom. The first-order valence-corrected chi connectivity index (χ1v) is 14.6. The highest BCUT2D eigenvalue weighted by Crippen LogP contribution is 2.44. The molecule has 1 rings (SSSR count). The Kier molecular flexibility index (Phi) is 10.8. The molecule has 204 valence electrons. The number of nitrogens with one attached hydrogen (secondary N) is 1. The van der Waals surface area contributed by atoms with Gasteiger partial charge >= 0.3 is 6.18 Å². The van der Waals surface area contributed by atoms with Crippen molar-refractivity contribution in [2.75, 3.05) is 0 Å². The highest BCUT2D eigenvalue weighted by molar-refractivity contribution is 6.78. The normalized spacial score (nSPS) is 14.3. The molecule has 0 fully saturated rings. The maximum atomic E-state index is 13.5. The number of carbonyl (C=O) groups is 2.